The molecule has 0 aliphatic rings. The fourth-order valence-corrected chi connectivity index (χ4v) is 0.942. The van der Waals surface area contributed by atoms with E-state index < -0.39 is 11.2 Å². The Morgan fingerprint density at radius 3 is 2.85 bits per heavy atom. The van der Waals surface area contributed by atoms with Gasteiger partial charge in [-0.15, -0.1) is 6.58 Å². The topological polar surface area (TPSA) is 75.1 Å². The average molecular weight is 182 g/mol. The van der Waals surface area contributed by atoms with E-state index in [2.05, 4.69) is 11.6 Å². The highest BCUT2D eigenvalue weighted by molar-refractivity contribution is 5.02. The van der Waals surface area contributed by atoms with Crippen molar-refractivity contribution < 1.29 is 5.11 Å². The summed E-state index contributed by atoms with van der Waals surface area (Å²) < 4.78 is 1.26. The van der Waals surface area contributed by atoms with Crippen molar-refractivity contribution in [2.45, 2.75) is 13.2 Å². The van der Waals surface area contributed by atoms with Gasteiger partial charge in [-0.2, -0.15) is 0 Å². The van der Waals surface area contributed by atoms with E-state index in [-0.39, 0.29) is 12.2 Å². The minimum Gasteiger partial charge on any atom is -0.391 e. The summed E-state index contributed by atoms with van der Waals surface area (Å²) in [5.74, 6) is 0. The molecule has 0 bridgehead atoms. The zero-order valence-electron chi connectivity index (χ0n) is 6.99. The average Bonchev–Trinajstić information content (AvgIpc) is 2.10. The molecule has 0 spiro atoms. The monoisotopic (exact) mass is 182 g/mol. The van der Waals surface area contributed by atoms with Crippen molar-refractivity contribution in [1.82, 2.24) is 9.55 Å². The Morgan fingerprint density at radius 2 is 2.31 bits per heavy atom. The van der Waals surface area contributed by atoms with Crippen molar-refractivity contribution >= 4 is 0 Å². The van der Waals surface area contributed by atoms with Gasteiger partial charge in [0, 0.05) is 12.7 Å². The predicted molar refractivity (Wildman–Crippen MR) is 47.4 cm³/mol. The summed E-state index contributed by atoms with van der Waals surface area (Å²) in [6, 6.07) is 0. The number of rotatable bonds is 3. The lowest BCUT2D eigenvalue weighted by Crippen LogP contribution is -2.31. The summed E-state index contributed by atoms with van der Waals surface area (Å²) in [4.78, 5) is 24.1. The van der Waals surface area contributed by atoms with E-state index in [9.17, 15) is 9.59 Å². The normalized spacial score (nSPS) is 9.92. The van der Waals surface area contributed by atoms with Gasteiger partial charge in [0.15, 0.2) is 0 Å². The molecular formula is C8H10N2O3. The van der Waals surface area contributed by atoms with Crippen molar-refractivity contribution in [3.8, 4) is 0 Å². The minimum atomic E-state index is -0.548. The van der Waals surface area contributed by atoms with Gasteiger partial charge >= 0.3 is 5.69 Å². The maximum atomic E-state index is 11.1. The number of allylic oxidation sites excluding steroid dienone is 1. The first kappa shape index (κ1) is 9.47. The lowest BCUT2D eigenvalue weighted by molar-refractivity contribution is 0.278. The SMILES string of the molecule is C=CCn1cc(CO)c(=O)[nH]c1=O. The third-order valence-electron chi connectivity index (χ3n) is 1.58. The van der Waals surface area contributed by atoms with E-state index >= 15 is 0 Å². The zero-order chi connectivity index (χ0) is 9.84. The van der Waals surface area contributed by atoms with Crippen molar-refractivity contribution in [3.63, 3.8) is 0 Å². The minimum absolute atomic E-state index is 0.168. The molecule has 1 aromatic rings. The van der Waals surface area contributed by atoms with Crippen molar-refractivity contribution in [2.75, 3.05) is 0 Å². The van der Waals surface area contributed by atoms with E-state index in [0.29, 0.717) is 6.54 Å². The standard InChI is InChI=1S/C8H10N2O3/c1-2-3-10-4-6(5-11)7(12)9-8(10)13/h2,4,11H,1,3,5H2,(H,9,12,13). The molecule has 0 aliphatic carbocycles. The summed E-state index contributed by atoms with van der Waals surface area (Å²) in [5.41, 5.74) is -0.878. The lowest BCUT2D eigenvalue weighted by atomic mass is 10.3. The summed E-state index contributed by atoms with van der Waals surface area (Å²) in [6.45, 7) is 3.39. The van der Waals surface area contributed by atoms with E-state index in [4.69, 9.17) is 5.11 Å². The molecule has 0 atom stereocenters. The van der Waals surface area contributed by atoms with Crippen LogP contribution in [0.25, 0.3) is 0 Å². The molecule has 0 amide bonds. The van der Waals surface area contributed by atoms with Crippen molar-refractivity contribution in [1.29, 1.82) is 0 Å². The molecule has 0 aliphatic heterocycles. The van der Waals surface area contributed by atoms with Crippen LogP contribution in [-0.4, -0.2) is 14.7 Å². The second-order valence-corrected chi connectivity index (χ2v) is 2.51. The molecule has 5 nitrogen and oxygen atoms in total. The fraction of sp³-hybridized carbons (Fsp3) is 0.250. The van der Waals surface area contributed by atoms with Crippen LogP contribution in [0, 0.1) is 0 Å². The highest BCUT2D eigenvalue weighted by atomic mass is 16.3. The molecule has 0 radical (unpaired) electrons. The summed E-state index contributed by atoms with van der Waals surface area (Å²) in [6.07, 6.45) is 2.85. The molecule has 70 valence electrons. The Hall–Kier alpha value is -1.62. The van der Waals surface area contributed by atoms with Crippen molar-refractivity contribution in [2.24, 2.45) is 0 Å². The van der Waals surface area contributed by atoms with Gasteiger partial charge in [0.1, 0.15) is 0 Å². The molecule has 0 aromatic carbocycles. The Balaban J connectivity index is 3.30. The molecule has 0 unspecified atom stereocenters. The van der Waals surface area contributed by atoms with Crippen molar-refractivity contribution in [3.05, 3.63) is 45.3 Å². The number of aliphatic hydroxyl groups is 1. The largest absolute Gasteiger partial charge is 0.391 e. The Bertz CT molecular complexity index is 416. The predicted octanol–water partition coefficient (Wildman–Crippen LogP) is -0.785. The number of nitrogens with zero attached hydrogens (tertiary/aromatic N) is 1. The number of aromatic amines is 1. The van der Waals surface area contributed by atoms with E-state index in [1.54, 1.807) is 0 Å². The quantitative estimate of drug-likeness (QED) is 0.602. The van der Waals surface area contributed by atoms with Crippen LogP contribution < -0.4 is 11.2 Å². The number of hydrogen-bond acceptors (Lipinski definition) is 3. The van der Waals surface area contributed by atoms with Gasteiger partial charge in [0.25, 0.3) is 5.56 Å². The highest BCUT2D eigenvalue weighted by Gasteiger charge is 2.01. The van der Waals surface area contributed by atoms with Gasteiger partial charge in [0.2, 0.25) is 0 Å². The molecular weight excluding hydrogens is 172 g/mol. The van der Waals surface area contributed by atoms with E-state index in [0.717, 1.165) is 0 Å². The van der Waals surface area contributed by atoms with Gasteiger partial charge in [-0.05, 0) is 0 Å². The number of aromatic nitrogens is 2. The van der Waals surface area contributed by atoms with Crippen LogP contribution in [0.2, 0.25) is 0 Å². The molecule has 2 N–H and O–H groups in total. The number of nitrogens with one attached hydrogen (secondary N) is 1. The fourth-order valence-electron chi connectivity index (χ4n) is 0.942. The summed E-state index contributed by atoms with van der Waals surface area (Å²) in [5, 5.41) is 8.74. The van der Waals surface area contributed by atoms with Gasteiger partial charge in [0.05, 0.1) is 12.2 Å². The molecule has 5 heteroatoms. The Labute approximate surface area is 74.0 Å². The third-order valence-corrected chi connectivity index (χ3v) is 1.58. The summed E-state index contributed by atoms with van der Waals surface area (Å²) in [7, 11) is 0. The van der Waals surface area contributed by atoms with Gasteiger partial charge < -0.3 is 5.11 Å². The second kappa shape index (κ2) is 3.86. The molecule has 1 rings (SSSR count). The zero-order valence-corrected chi connectivity index (χ0v) is 6.99. The third kappa shape index (κ3) is 1.94. The number of hydrogen-bond donors (Lipinski definition) is 2. The highest BCUT2D eigenvalue weighted by Crippen LogP contribution is 1.87. The molecule has 0 fully saturated rings. The van der Waals surface area contributed by atoms with Gasteiger partial charge in [-0.1, -0.05) is 6.08 Å². The lowest BCUT2D eigenvalue weighted by Gasteiger charge is -2.01. The van der Waals surface area contributed by atoms with E-state index in [1.165, 1.54) is 16.8 Å². The molecule has 1 heterocycles. The van der Waals surface area contributed by atoms with Crippen LogP contribution in [0.4, 0.5) is 0 Å². The molecule has 0 saturated carbocycles. The number of H-pyrrole nitrogens is 1. The molecule has 13 heavy (non-hydrogen) atoms. The van der Waals surface area contributed by atoms with E-state index in [1.807, 2.05) is 0 Å². The van der Waals surface area contributed by atoms with Crippen LogP contribution in [0.5, 0.6) is 0 Å². The number of aliphatic hydroxyl groups excluding tert-OH is 1. The first-order valence-corrected chi connectivity index (χ1v) is 3.73. The smallest absolute Gasteiger partial charge is 0.328 e. The Kier molecular flexibility index (Phi) is 2.81. The maximum absolute atomic E-state index is 11.1. The summed E-state index contributed by atoms with van der Waals surface area (Å²) >= 11 is 0. The molecule has 1 aromatic heterocycles. The first-order valence-electron chi connectivity index (χ1n) is 3.73. The second-order valence-electron chi connectivity index (χ2n) is 2.51. The van der Waals surface area contributed by atoms with Crippen LogP contribution in [0.15, 0.2) is 28.4 Å². The Morgan fingerprint density at radius 1 is 1.62 bits per heavy atom. The van der Waals surface area contributed by atoms with Gasteiger partial charge in [-0.3, -0.25) is 14.3 Å². The maximum Gasteiger partial charge on any atom is 0.328 e. The first-order chi connectivity index (χ1) is 6.19. The van der Waals surface area contributed by atoms with Crippen LogP contribution in [-0.2, 0) is 13.2 Å². The van der Waals surface area contributed by atoms with Gasteiger partial charge in [-0.25, -0.2) is 4.79 Å². The molecule has 0 saturated heterocycles. The van der Waals surface area contributed by atoms with Crippen LogP contribution >= 0.6 is 0 Å². The van der Waals surface area contributed by atoms with Crippen LogP contribution in [0.1, 0.15) is 5.56 Å². The van der Waals surface area contributed by atoms with Crippen LogP contribution in [0.3, 0.4) is 0 Å².